The van der Waals surface area contributed by atoms with E-state index in [9.17, 15) is 5.11 Å². The first-order valence-corrected chi connectivity index (χ1v) is 9.57. The number of benzene rings is 1. The molecule has 2 aromatic rings. The Labute approximate surface area is 151 Å². The molecule has 1 saturated heterocycles. The van der Waals surface area contributed by atoms with E-state index in [1.54, 1.807) is 0 Å². The molecular formula is C21H31N3O. The summed E-state index contributed by atoms with van der Waals surface area (Å²) in [5.74, 6) is 0.731. The highest BCUT2D eigenvalue weighted by atomic mass is 16.3. The minimum atomic E-state index is 0.270. The fourth-order valence-corrected chi connectivity index (χ4v) is 3.78. The molecule has 3 rings (SSSR count). The van der Waals surface area contributed by atoms with Gasteiger partial charge in [0.05, 0.1) is 5.52 Å². The largest absolute Gasteiger partial charge is 0.396 e. The maximum absolute atomic E-state index is 9.48. The Morgan fingerprint density at radius 2 is 2.04 bits per heavy atom. The lowest BCUT2D eigenvalue weighted by molar-refractivity contribution is 0.0526. The van der Waals surface area contributed by atoms with Crippen LogP contribution in [0.15, 0.2) is 36.5 Å². The summed E-state index contributed by atoms with van der Waals surface area (Å²) in [6, 6.07) is 11.0. The summed E-state index contributed by atoms with van der Waals surface area (Å²) in [6.07, 6.45) is 3.97. The topological polar surface area (TPSA) is 39.6 Å². The molecule has 1 aromatic carbocycles. The molecule has 136 valence electrons. The Morgan fingerprint density at radius 1 is 1.20 bits per heavy atom. The van der Waals surface area contributed by atoms with Crippen molar-refractivity contribution >= 4 is 10.9 Å². The number of rotatable bonds is 7. The second-order valence-electron chi connectivity index (χ2n) is 7.61. The fourth-order valence-electron chi connectivity index (χ4n) is 3.78. The van der Waals surface area contributed by atoms with E-state index >= 15 is 0 Å². The zero-order valence-electron chi connectivity index (χ0n) is 15.6. The number of hydrogen-bond acceptors (Lipinski definition) is 4. The molecule has 0 amide bonds. The Hall–Kier alpha value is -1.49. The number of fused-ring (bicyclic) bond motifs is 1. The Kier molecular flexibility index (Phi) is 6.40. The van der Waals surface area contributed by atoms with E-state index in [2.05, 4.69) is 52.9 Å². The van der Waals surface area contributed by atoms with Crippen LogP contribution >= 0.6 is 0 Å². The highest BCUT2D eigenvalue weighted by molar-refractivity contribution is 5.81. The van der Waals surface area contributed by atoms with E-state index in [1.807, 2.05) is 12.3 Å². The highest BCUT2D eigenvalue weighted by Gasteiger charge is 2.26. The van der Waals surface area contributed by atoms with Crippen molar-refractivity contribution in [1.82, 2.24) is 14.8 Å². The van der Waals surface area contributed by atoms with E-state index in [0.29, 0.717) is 6.04 Å². The van der Waals surface area contributed by atoms with Crippen LogP contribution in [-0.2, 0) is 6.54 Å². The fraction of sp³-hybridized carbons (Fsp3) is 0.571. The van der Waals surface area contributed by atoms with Crippen molar-refractivity contribution in [3.63, 3.8) is 0 Å². The smallest absolute Gasteiger partial charge is 0.0746 e. The van der Waals surface area contributed by atoms with Gasteiger partial charge in [0.2, 0.25) is 0 Å². The summed E-state index contributed by atoms with van der Waals surface area (Å²) in [4.78, 5) is 9.69. The molecule has 25 heavy (non-hydrogen) atoms. The predicted molar refractivity (Wildman–Crippen MR) is 104 cm³/mol. The van der Waals surface area contributed by atoms with Crippen molar-refractivity contribution in [1.29, 1.82) is 0 Å². The number of hydrogen-bond donors (Lipinski definition) is 1. The van der Waals surface area contributed by atoms with Gasteiger partial charge >= 0.3 is 0 Å². The van der Waals surface area contributed by atoms with Crippen LogP contribution in [0.4, 0.5) is 0 Å². The summed E-state index contributed by atoms with van der Waals surface area (Å²) in [5, 5.41) is 10.7. The van der Waals surface area contributed by atoms with Gasteiger partial charge in [-0.3, -0.25) is 14.8 Å². The summed E-state index contributed by atoms with van der Waals surface area (Å²) in [6.45, 7) is 10.1. The third-order valence-electron chi connectivity index (χ3n) is 5.26. The van der Waals surface area contributed by atoms with Crippen molar-refractivity contribution in [2.24, 2.45) is 5.92 Å². The Morgan fingerprint density at radius 3 is 2.84 bits per heavy atom. The number of aliphatic hydroxyl groups is 1. The first-order valence-electron chi connectivity index (χ1n) is 9.57. The van der Waals surface area contributed by atoms with Gasteiger partial charge in [0, 0.05) is 50.4 Å². The number of aliphatic hydroxyl groups excluding tert-OH is 1. The SMILES string of the molecule is CC(C)CCN1CCN(Cc2cccc3cccnc23)C[C@H]1CCO. The molecule has 0 aliphatic carbocycles. The van der Waals surface area contributed by atoms with Gasteiger partial charge in [0.25, 0.3) is 0 Å². The van der Waals surface area contributed by atoms with Crippen LogP contribution in [0.25, 0.3) is 10.9 Å². The summed E-state index contributed by atoms with van der Waals surface area (Å²) in [5.41, 5.74) is 2.42. The number of pyridine rings is 1. The molecule has 4 heteroatoms. The Balaban J connectivity index is 1.67. The van der Waals surface area contributed by atoms with E-state index < -0.39 is 0 Å². The number of nitrogens with zero attached hydrogens (tertiary/aromatic N) is 3. The second kappa shape index (κ2) is 8.75. The molecule has 1 N–H and O–H groups in total. The number of piperazine rings is 1. The Bertz CT molecular complexity index is 668. The summed E-state index contributed by atoms with van der Waals surface area (Å²) < 4.78 is 0. The van der Waals surface area contributed by atoms with Gasteiger partial charge in [-0.25, -0.2) is 0 Å². The van der Waals surface area contributed by atoms with Crippen LogP contribution in [0.3, 0.4) is 0 Å². The summed E-state index contributed by atoms with van der Waals surface area (Å²) >= 11 is 0. The molecule has 4 nitrogen and oxygen atoms in total. The predicted octanol–water partition coefficient (Wildman–Crippen LogP) is 3.15. The van der Waals surface area contributed by atoms with E-state index in [4.69, 9.17) is 0 Å². The lowest BCUT2D eigenvalue weighted by Crippen LogP contribution is -2.53. The van der Waals surface area contributed by atoms with E-state index in [-0.39, 0.29) is 6.61 Å². The minimum Gasteiger partial charge on any atom is -0.396 e. The lowest BCUT2D eigenvalue weighted by Gasteiger charge is -2.41. The van der Waals surface area contributed by atoms with Gasteiger partial charge < -0.3 is 5.11 Å². The molecule has 1 fully saturated rings. The van der Waals surface area contributed by atoms with Crippen molar-refractivity contribution in [3.8, 4) is 0 Å². The maximum Gasteiger partial charge on any atom is 0.0746 e. The standard InChI is InChI=1S/C21H31N3O/c1-17(2)8-11-24-13-12-23(16-20(24)9-14-25)15-19-6-3-5-18-7-4-10-22-21(18)19/h3-7,10,17,20,25H,8-9,11-16H2,1-2H3/t20-/m1/s1. The van der Waals surface area contributed by atoms with Gasteiger partial charge in [-0.1, -0.05) is 38.1 Å². The molecule has 1 aliphatic rings. The molecule has 0 saturated carbocycles. The van der Waals surface area contributed by atoms with Crippen LogP contribution < -0.4 is 0 Å². The van der Waals surface area contributed by atoms with Crippen LogP contribution in [0, 0.1) is 5.92 Å². The third-order valence-corrected chi connectivity index (χ3v) is 5.26. The molecular weight excluding hydrogens is 310 g/mol. The molecule has 0 bridgehead atoms. The first-order chi connectivity index (χ1) is 12.2. The number of aromatic nitrogens is 1. The normalized spacial score (nSPS) is 19.8. The maximum atomic E-state index is 9.48. The average Bonchev–Trinajstić information content (AvgIpc) is 2.61. The van der Waals surface area contributed by atoms with Gasteiger partial charge in [-0.15, -0.1) is 0 Å². The van der Waals surface area contributed by atoms with Crippen molar-refractivity contribution in [3.05, 3.63) is 42.1 Å². The molecule has 0 radical (unpaired) electrons. The average molecular weight is 341 g/mol. The first kappa shape index (κ1) is 18.3. The summed E-state index contributed by atoms with van der Waals surface area (Å²) in [7, 11) is 0. The molecule has 2 heterocycles. The molecule has 0 unspecified atom stereocenters. The monoisotopic (exact) mass is 341 g/mol. The quantitative estimate of drug-likeness (QED) is 0.840. The zero-order valence-corrected chi connectivity index (χ0v) is 15.6. The highest BCUT2D eigenvalue weighted by Crippen LogP contribution is 2.21. The zero-order chi connectivity index (χ0) is 17.6. The van der Waals surface area contributed by atoms with Crippen LogP contribution in [0.2, 0.25) is 0 Å². The molecule has 1 aromatic heterocycles. The van der Waals surface area contributed by atoms with E-state index in [1.165, 1.54) is 17.4 Å². The van der Waals surface area contributed by atoms with Crippen LogP contribution in [0.5, 0.6) is 0 Å². The van der Waals surface area contributed by atoms with Crippen molar-refractivity contribution in [2.75, 3.05) is 32.8 Å². The van der Waals surface area contributed by atoms with Gasteiger partial charge in [-0.2, -0.15) is 0 Å². The minimum absolute atomic E-state index is 0.270. The van der Waals surface area contributed by atoms with Gasteiger partial charge in [0.15, 0.2) is 0 Å². The van der Waals surface area contributed by atoms with Crippen LogP contribution in [0.1, 0.15) is 32.3 Å². The lowest BCUT2D eigenvalue weighted by atomic mass is 10.0. The third kappa shape index (κ3) is 4.78. The number of para-hydroxylation sites is 1. The molecule has 1 aliphatic heterocycles. The van der Waals surface area contributed by atoms with Crippen molar-refractivity contribution < 1.29 is 5.11 Å². The van der Waals surface area contributed by atoms with E-state index in [0.717, 1.165) is 50.6 Å². The van der Waals surface area contributed by atoms with Crippen molar-refractivity contribution in [2.45, 2.75) is 39.3 Å². The van der Waals surface area contributed by atoms with Gasteiger partial charge in [-0.05, 0) is 36.9 Å². The van der Waals surface area contributed by atoms with Crippen LogP contribution in [-0.4, -0.2) is 58.7 Å². The second-order valence-corrected chi connectivity index (χ2v) is 7.61. The molecule has 1 atom stereocenters. The van der Waals surface area contributed by atoms with Gasteiger partial charge in [0.1, 0.15) is 0 Å². The molecule has 0 spiro atoms.